The molecule has 0 aliphatic rings. The van der Waals surface area contributed by atoms with Crippen molar-refractivity contribution in [1.29, 1.82) is 0 Å². The lowest BCUT2D eigenvalue weighted by Crippen LogP contribution is -2.13. The lowest BCUT2D eigenvalue weighted by atomic mass is 10.1. The summed E-state index contributed by atoms with van der Waals surface area (Å²) in [5.74, 6) is -0.926. The average molecular weight is 352 g/mol. The number of Topliss-reactive ketones (excluding diaryl/α,β-unsaturated/α-hetero) is 1. The quantitative estimate of drug-likeness (QED) is 0.239. The smallest absolute Gasteiger partial charge is 0.342 e. The molecule has 0 unspecified atom stereocenters. The van der Waals surface area contributed by atoms with E-state index in [9.17, 15) is 9.59 Å². The van der Waals surface area contributed by atoms with Crippen molar-refractivity contribution < 1.29 is 14.3 Å². The third kappa shape index (κ3) is 6.08. The summed E-state index contributed by atoms with van der Waals surface area (Å²) in [5, 5.41) is 0. The fourth-order valence-corrected chi connectivity index (χ4v) is 2.53. The van der Waals surface area contributed by atoms with Gasteiger partial charge in [-0.15, -0.1) is 11.8 Å². The highest BCUT2D eigenvalue weighted by Crippen LogP contribution is 2.17. The number of carbonyl (C=O) groups is 2. The predicted octanol–water partition coefficient (Wildman–Crippen LogP) is 4.64. The summed E-state index contributed by atoms with van der Waals surface area (Å²) in [7, 11) is 0. The zero-order valence-corrected chi connectivity index (χ0v) is 15.1. The molecule has 0 heterocycles. The van der Waals surface area contributed by atoms with Gasteiger partial charge in [-0.25, -0.2) is 4.79 Å². The number of benzene rings is 2. The Kier molecular flexibility index (Phi) is 7.23. The van der Waals surface area contributed by atoms with Gasteiger partial charge >= 0.3 is 5.97 Å². The number of hydrogen-bond donors (Lipinski definition) is 0. The number of esters is 1. The fraction of sp³-hybridized carbons (Fsp3) is 0.143. The van der Waals surface area contributed by atoms with E-state index < -0.39 is 5.97 Å². The topological polar surface area (TPSA) is 43.4 Å². The Morgan fingerprint density at radius 2 is 1.68 bits per heavy atom. The SMILES string of the molecule is CSc1ccc(C=C(C(C)=O)C(=O)OCC=Cc2ccccc2)cc1. The first-order valence-corrected chi connectivity index (χ1v) is 9.08. The van der Waals surface area contributed by atoms with E-state index in [1.165, 1.54) is 6.92 Å². The van der Waals surface area contributed by atoms with Crippen molar-refractivity contribution in [3.8, 4) is 0 Å². The number of rotatable bonds is 7. The van der Waals surface area contributed by atoms with Gasteiger partial charge < -0.3 is 4.74 Å². The molecule has 2 rings (SSSR count). The van der Waals surface area contributed by atoms with Gasteiger partial charge in [-0.05, 0) is 48.6 Å². The first kappa shape index (κ1) is 18.7. The minimum absolute atomic E-state index is 0.0463. The number of hydrogen-bond acceptors (Lipinski definition) is 4. The first-order valence-electron chi connectivity index (χ1n) is 7.85. The lowest BCUT2D eigenvalue weighted by molar-refractivity contribution is -0.139. The van der Waals surface area contributed by atoms with E-state index in [4.69, 9.17) is 4.74 Å². The Bertz CT molecular complexity index is 775. The molecule has 128 valence electrons. The summed E-state index contributed by atoms with van der Waals surface area (Å²) >= 11 is 1.63. The van der Waals surface area contributed by atoms with Crippen LogP contribution < -0.4 is 0 Å². The van der Waals surface area contributed by atoms with Crippen molar-refractivity contribution in [3.05, 3.63) is 77.4 Å². The average Bonchev–Trinajstić information content (AvgIpc) is 2.64. The molecule has 0 fully saturated rings. The molecule has 0 aliphatic heterocycles. The van der Waals surface area contributed by atoms with Crippen LogP contribution in [0.15, 0.2) is 71.1 Å². The van der Waals surface area contributed by atoms with E-state index in [2.05, 4.69) is 0 Å². The zero-order valence-electron chi connectivity index (χ0n) is 14.3. The van der Waals surface area contributed by atoms with Gasteiger partial charge in [0, 0.05) is 4.90 Å². The highest BCUT2D eigenvalue weighted by Gasteiger charge is 2.15. The normalized spacial score (nSPS) is 11.5. The Balaban J connectivity index is 2.01. The molecule has 0 bridgehead atoms. The molecular weight excluding hydrogens is 332 g/mol. The van der Waals surface area contributed by atoms with Gasteiger partial charge in [0.15, 0.2) is 5.78 Å². The van der Waals surface area contributed by atoms with Crippen LogP contribution in [-0.4, -0.2) is 24.6 Å². The Labute approximate surface area is 152 Å². The van der Waals surface area contributed by atoms with Crippen molar-refractivity contribution in [3.63, 3.8) is 0 Å². The molecule has 0 radical (unpaired) electrons. The van der Waals surface area contributed by atoms with E-state index in [0.717, 1.165) is 16.0 Å². The van der Waals surface area contributed by atoms with E-state index in [0.29, 0.717) is 0 Å². The Morgan fingerprint density at radius 3 is 2.28 bits per heavy atom. The second-order valence-corrected chi connectivity index (χ2v) is 6.18. The molecule has 0 atom stereocenters. The van der Waals surface area contributed by atoms with Crippen LogP contribution in [0.1, 0.15) is 18.1 Å². The summed E-state index contributed by atoms with van der Waals surface area (Å²) in [6, 6.07) is 17.4. The first-order chi connectivity index (χ1) is 12.1. The van der Waals surface area contributed by atoms with Crippen molar-refractivity contribution in [1.82, 2.24) is 0 Å². The molecule has 0 saturated heterocycles. The van der Waals surface area contributed by atoms with Crippen LogP contribution in [0, 0.1) is 0 Å². The van der Waals surface area contributed by atoms with Crippen molar-refractivity contribution in [2.24, 2.45) is 0 Å². The minimum atomic E-state index is -0.612. The monoisotopic (exact) mass is 352 g/mol. The van der Waals surface area contributed by atoms with Gasteiger partial charge in [0.25, 0.3) is 0 Å². The number of carbonyl (C=O) groups excluding carboxylic acids is 2. The molecule has 0 aliphatic carbocycles. The third-order valence-corrected chi connectivity index (χ3v) is 4.19. The largest absolute Gasteiger partial charge is 0.458 e. The van der Waals surface area contributed by atoms with E-state index >= 15 is 0 Å². The van der Waals surface area contributed by atoms with Gasteiger partial charge in [0.1, 0.15) is 12.2 Å². The van der Waals surface area contributed by atoms with Crippen LogP contribution in [-0.2, 0) is 14.3 Å². The maximum Gasteiger partial charge on any atom is 0.342 e. The molecule has 2 aromatic rings. The molecule has 3 nitrogen and oxygen atoms in total. The summed E-state index contributed by atoms with van der Waals surface area (Å²) < 4.78 is 5.19. The fourth-order valence-electron chi connectivity index (χ4n) is 2.12. The molecule has 4 heteroatoms. The van der Waals surface area contributed by atoms with Gasteiger partial charge in [0.05, 0.1) is 0 Å². The van der Waals surface area contributed by atoms with Crippen LogP contribution in [0.2, 0.25) is 0 Å². The van der Waals surface area contributed by atoms with Crippen LogP contribution in [0.25, 0.3) is 12.2 Å². The summed E-state index contributed by atoms with van der Waals surface area (Å²) in [4.78, 5) is 25.1. The van der Waals surface area contributed by atoms with E-state index in [-0.39, 0.29) is 18.0 Å². The minimum Gasteiger partial charge on any atom is -0.458 e. The zero-order chi connectivity index (χ0) is 18.1. The second-order valence-electron chi connectivity index (χ2n) is 5.30. The maximum absolute atomic E-state index is 12.2. The summed E-state index contributed by atoms with van der Waals surface area (Å²) in [6.07, 6.45) is 7.17. The molecule has 0 N–H and O–H groups in total. The van der Waals surface area contributed by atoms with Gasteiger partial charge in [0.2, 0.25) is 0 Å². The summed E-state index contributed by atoms with van der Waals surface area (Å²) in [5.41, 5.74) is 1.86. The van der Waals surface area contributed by atoms with E-state index in [1.807, 2.05) is 66.9 Å². The lowest BCUT2D eigenvalue weighted by Gasteiger charge is -2.05. The second kappa shape index (κ2) is 9.64. The standard InChI is InChI=1S/C21H20O3S/c1-16(22)20(15-18-10-12-19(25-2)13-11-18)21(23)24-14-6-9-17-7-4-3-5-8-17/h3-13,15H,14H2,1-2H3. The van der Waals surface area contributed by atoms with Crippen molar-refractivity contribution >= 4 is 35.7 Å². The Hall–Kier alpha value is -2.59. The third-order valence-electron chi connectivity index (χ3n) is 3.45. The van der Waals surface area contributed by atoms with Crippen LogP contribution in [0.5, 0.6) is 0 Å². The summed E-state index contributed by atoms with van der Waals surface area (Å²) in [6.45, 7) is 1.48. The highest BCUT2D eigenvalue weighted by molar-refractivity contribution is 7.98. The van der Waals surface area contributed by atoms with E-state index in [1.54, 1.807) is 23.9 Å². The molecule has 0 amide bonds. The van der Waals surface area contributed by atoms with Crippen molar-refractivity contribution in [2.75, 3.05) is 12.9 Å². The van der Waals surface area contributed by atoms with Gasteiger partial charge in [-0.1, -0.05) is 48.5 Å². The number of thioether (sulfide) groups is 1. The number of ketones is 1. The number of ether oxygens (including phenoxy) is 1. The molecule has 0 aromatic heterocycles. The molecule has 0 saturated carbocycles. The molecule has 25 heavy (non-hydrogen) atoms. The molecule has 0 spiro atoms. The molecule has 2 aromatic carbocycles. The van der Waals surface area contributed by atoms with Gasteiger partial charge in [-0.2, -0.15) is 0 Å². The van der Waals surface area contributed by atoms with Gasteiger partial charge in [-0.3, -0.25) is 4.79 Å². The van der Waals surface area contributed by atoms with Crippen molar-refractivity contribution in [2.45, 2.75) is 11.8 Å². The van der Waals surface area contributed by atoms with Crippen LogP contribution in [0.3, 0.4) is 0 Å². The predicted molar refractivity (Wildman–Crippen MR) is 103 cm³/mol. The van der Waals surface area contributed by atoms with Crippen LogP contribution >= 0.6 is 11.8 Å². The highest BCUT2D eigenvalue weighted by atomic mass is 32.2. The molecular formula is C21H20O3S. The van der Waals surface area contributed by atoms with Crippen LogP contribution in [0.4, 0.5) is 0 Å². The Morgan fingerprint density at radius 1 is 1.00 bits per heavy atom. The maximum atomic E-state index is 12.2.